The lowest BCUT2D eigenvalue weighted by molar-refractivity contribution is 0.107. The second-order valence-corrected chi connectivity index (χ2v) is 9.79. The summed E-state index contributed by atoms with van der Waals surface area (Å²) < 4.78 is 0. The number of unbranched alkanes of at least 4 members (excludes halogenated alkanes) is 2. The summed E-state index contributed by atoms with van der Waals surface area (Å²) in [7, 11) is -0.509. The summed E-state index contributed by atoms with van der Waals surface area (Å²) >= 11 is 0. The zero-order valence-corrected chi connectivity index (χ0v) is 16.3. The van der Waals surface area contributed by atoms with Gasteiger partial charge >= 0.3 is 0 Å². The molecule has 1 aliphatic rings. The lowest BCUT2D eigenvalue weighted by Crippen LogP contribution is -2.18. The first-order chi connectivity index (χ1) is 11.0. The number of rotatable bonds is 7. The summed E-state index contributed by atoms with van der Waals surface area (Å²) in [5.74, 6) is 0. The fourth-order valence-corrected chi connectivity index (χ4v) is 7.13. The lowest BCUT2D eigenvalue weighted by atomic mass is 10.0. The maximum atomic E-state index is 13.4. The second-order valence-electron chi connectivity index (χ2n) is 7.27. The molecule has 0 N–H and O–H groups in total. The molecule has 0 heterocycles. The standard InChI is InChI=1S/C21H33OP/c1-5-6-10-13-23(19-11-8-7-9-12-19)21(22)20-17(3)14-16(2)15-18(20)4/h14-15,19H,5-13H2,1-4H3. The number of aryl methyl sites for hydroxylation is 3. The fourth-order valence-electron chi connectivity index (χ4n) is 4.04. The molecule has 1 nitrogen and oxygen atoms in total. The van der Waals surface area contributed by atoms with Gasteiger partial charge in [0.25, 0.3) is 0 Å². The third-order valence-electron chi connectivity index (χ3n) is 5.17. The van der Waals surface area contributed by atoms with E-state index in [1.807, 2.05) is 0 Å². The molecule has 1 aromatic carbocycles. The van der Waals surface area contributed by atoms with Crippen molar-refractivity contribution in [3.8, 4) is 0 Å². The molecule has 0 saturated heterocycles. The highest BCUT2D eigenvalue weighted by Crippen LogP contribution is 2.51. The average Bonchev–Trinajstić information content (AvgIpc) is 2.51. The van der Waals surface area contributed by atoms with Crippen LogP contribution in [0.1, 0.15) is 85.3 Å². The first kappa shape index (κ1) is 18.7. The Morgan fingerprint density at radius 1 is 1.04 bits per heavy atom. The van der Waals surface area contributed by atoms with Crippen LogP contribution in [0.25, 0.3) is 0 Å². The van der Waals surface area contributed by atoms with Crippen LogP contribution in [0.4, 0.5) is 0 Å². The van der Waals surface area contributed by atoms with E-state index < -0.39 is 7.92 Å². The van der Waals surface area contributed by atoms with Gasteiger partial charge in [-0.05, 0) is 70.9 Å². The molecule has 23 heavy (non-hydrogen) atoms. The smallest absolute Gasteiger partial charge is 0.184 e. The monoisotopic (exact) mass is 332 g/mol. The molecule has 2 heteroatoms. The van der Waals surface area contributed by atoms with Crippen molar-refractivity contribution < 1.29 is 4.79 Å². The van der Waals surface area contributed by atoms with Crippen molar-refractivity contribution in [2.75, 3.05) is 6.16 Å². The van der Waals surface area contributed by atoms with Gasteiger partial charge in [0.2, 0.25) is 0 Å². The van der Waals surface area contributed by atoms with Crippen molar-refractivity contribution in [2.24, 2.45) is 0 Å². The average molecular weight is 332 g/mol. The Hall–Kier alpha value is -0.680. The van der Waals surface area contributed by atoms with Gasteiger partial charge in [-0.3, -0.25) is 4.79 Å². The molecule has 1 saturated carbocycles. The molecule has 0 spiro atoms. The van der Waals surface area contributed by atoms with Gasteiger partial charge in [0.05, 0.1) is 0 Å². The quantitative estimate of drug-likeness (QED) is 0.398. The van der Waals surface area contributed by atoms with Crippen molar-refractivity contribution in [3.63, 3.8) is 0 Å². The van der Waals surface area contributed by atoms with Crippen molar-refractivity contribution in [3.05, 3.63) is 34.4 Å². The van der Waals surface area contributed by atoms with Gasteiger partial charge < -0.3 is 0 Å². The maximum Gasteiger partial charge on any atom is 0.184 e. The van der Waals surface area contributed by atoms with Gasteiger partial charge in [-0.1, -0.05) is 56.7 Å². The largest absolute Gasteiger partial charge is 0.289 e. The van der Waals surface area contributed by atoms with E-state index in [1.54, 1.807) is 0 Å². The zero-order valence-electron chi connectivity index (χ0n) is 15.5. The van der Waals surface area contributed by atoms with Crippen LogP contribution in [0.15, 0.2) is 12.1 Å². The third-order valence-corrected chi connectivity index (χ3v) is 8.11. The molecular weight excluding hydrogens is 299 g/mol. The van der Waals surface area contributed by atoms with E-state index in [-0.39, 0.29) is 0 Å². The van der Waals surface area contributed by atoms with Gasteiger partial charge in [0.1, 0.15) is 0 Å². The minimum absolute atomic E-state index is 0.498. The van der Waals surface area contributed by atoms with Crippen molar-refractivity contribution in [1.29, 1.82) is 0 Å². The molecule has 0 bridgehead atoms. The molecule has 0 radical (unpaired) electrons. The molecule has 1 unspecified atom stereocenters. The normalized spacial score (nSPS) is 17.2. The molecule has 0 aliphatic heterocycles. The highest BCUT2D eigenvalue weighted by atomic mass is 31.1. The number of benzene rings is 1. The summed E-state index contributed by atoms with van der Waals surface area (Å²) in [6, 6.07) is 4.36. The molecule has 1 fully saturated rings. The Balaban J connectivity index is 2.24. The Morgan fingerprint density at radius 3 is 2.22 bits per heavy atom. The van der Waals surface area contributed by atoms with Gasteiger partial charge in [-0.2, -0.15) is 0 Å². The second kappa shape index (κ2) is 8.97. The first-order valence-corrected chi connectivity index (χ1v) is 11.0. The summed E-state index contributed by atoms with van der Waals surface area (Å²) in [5, 5.41) is 0. The lowest BCUT2D eigenvalue weighted by Gasteiger charge is -2.30. The first-order valence-electron chi connectivity index (χ1n) is 9.43. The molecular formula is C21H33OP. The SMILES string of the molecule is CCCCCP(C(=O)c1c(C)cc(C)cc1C)C1CCCCC1. The third kappa shape index (κ3) is 4.90. The Morgan fingerprint density at radius 2 is 1.65 bits per heavy atom. The molecule has 1 aliphatic carbocycles. The van der Waals surface area contributed by atoms with Gasteiger partial charge in [-0.15, -0.1) is 0 Å². The summed E-state index contributed by atoms with van der Waals surface area (Å²) in [6.45, 7) is 8.61. The number of carbonyl (C=O) groups is 1. The van der Waals surface area contributed by atoms with E-state index in [0.717, 1.165) is 11.7 Å². The minimum Gasteiger partial charge on any atom is -0.289 e. The molecule has 128 valence electrons. The van der Waals surface area contributed by atoms with Crippen LogP contribution in [0.5, 0.6) is 0 Å². The highest BCUT2D eigenvalue weighted by molar-refractivity contribution is 7.76. The number of hydrogen-bond acceptors (Lipinski definition) is 1. The minimum atomic E-state index is -0.509. The highest BCUT2D eigenvalue weighted by Gasteiger charge is 2.30. The van der Waals surface area contributed by atoms with Crippen LogP contribution in [0.2, 0.25) is 0 Å². The van der Waals surface area contributed by atoms with Crippen LogP contribution in [0.3, 0.4) is 0 Å². The Labute approximate surface area is 144 Å². The van der Waals surface area contributed by atoms with E-state index in [2.05, 4.69) is 39.8 Å². The van der Waals surface area contributed by atoms with Crippen molar-refractivity contribution in [2.45, 2.75) is 84.7 Å². The number of carbonyl (C=O) groups excluding carboxylic acids is 1. The summed E-state index contributed by atoms with van der Waals surface area (Å²) in [5.41, 5.74) is 5.87. The predicted octanol–water partition coefficient (Wildman–Crippen LogP) is 6.76. The van der Waals surface area contributed by atoms with E-state index in [4.69, 9.17) is 0 Å². The molecule has 1 atom stereocenters. The van der Waals surface area contributed by atoms with Gasteiger partial charge in [0, 0.05) is 5.56 Å². The van der Waals surface area contributed by atoms with Crippen LogP contribution in [0, 0.1) is 20.8 Å². The van der Waals surface area contributed by atoms with E-state index in [0.29, 0.717) is 11.2 Å². The Bertz CT molecular complexity index is 506. The van der Waals surface area contributed by atoms with Crippen LogP contribution < -0.4 is 0 Å². The van der Waals surface area contributed by atoms with Gasteiger partial charge in [0.15, 0.2) is 5.52 Å². The van der Waals surface area contributed by atoms with E-state index >= 15 is 0 Å². The van der Waals surface area contributed by atoms with Crippen LogP contribution in [-0.4, -0.2) is 17.3 Å². The van der Waals surface area contributed by atoms with Gasteiger partial charge in [-0.25, -0.2) is 0 Å². The van der Waals surface area contributed by atoms with Crippen LogP contribution >= 0.6 is 7.92 Å². The van der Waals surface area contributed by atoms with Crippen LogP contribution in [-0.2, 0) is 0 Å². The molecule has 0 aromatic heterocycles. The zero-order chi connectivity index (χ0) is 16.8. The van der Waals surface area contributed by atoms with E-state index in [9.17, 15) is 4.79 Å². The summed E-state index contributed by atoms with van der Waals surface area (Å²) in [4.78, 5) is 13.4. The van der Waals surface area contributed by atoms with Crippen molar-refractivity contribution >= 4 is 13.4 Å². The summed E-state index contributed by atoms with van der Waals surface area (Å²) in [6.07, 6.45) is 11.5. The number of hydrogen-bond donors (Lipinski definition) is 0. The topological polar surface area (TPSA) is 17.1 Å². The Kier molecular flexibility index (Phi) is 7.28. The van der Waals surface area contributed by atoms with Crippen molar-refractivity contribution in [1.82, 2.24) is 0 Å². The van der Waals surface area contributed by atoms with E-state index in [1.165, 1.54) is 68.1 Å². The predicted molar refractivity (Wildman–Crippen MR) is 103 cm³/mol. The molecule has 0 amide bonds. The molecule has 1 aromatic rings. The maximum absolute atomic E-state index is 13.4. The fraction of sp³-hybridized carbons (Fsp3) is 0.667. The molecule has 2 rings (SSSR count).